The highest BCUT2D eigenvalue weighted by molar-refractivity contribution is 5.76. The summed E-state index contributed by atoms with van der Waals surface area (Å²) in [6.07, 6.45) is 4.72. The number of carbonyl (C=O) groups is 1. The lowest BCUT2D eigenvalue weighted by Gasteiger charge is -2.26. The second-order valence-electron chi connectivity index (χ2n) is 6.17. The number of hydrogen-bond donors (Lipinski definition) is 1. The number of likely N-dealkylation sites (tertiary alicyclic amines) is 1. The second kappa shape index (κ2) is 8.11. The quantitative estimate of drug-likeness (QED) is 0.847. The largest absolute Gasteiger partial charge is 0.468 e. The predicted molar refractivity (Wildman–Crippen MR) is 90.0 cm³/mol. The topological polar surface area (TPSA) is 45.5 Å². The van der Waals surface area contributed by atoms with Crippen molar-refractivity contribution in [3.63, 3.8) is 0 Å². The number of rotatable bonds is 7. The third-order valence-corrected chi connectivity index (χ3v) is 4.52. The lowest BCUT2D eigenvalue weighted by Crippen LogP contribution is -2.36. The first kappa shape index (κ1) is 16.7. The highest BCUT2D eigenvalue weighted by Gasteiger charge is 2.25. The smallest absolute Gasteiger partial charge is 0.220 e. The van der Waals surface area contributed by atoms with Gasteiger partial charge < -0.3 is 9.73 Å². The molecule has 1 aliphatic rings. The van der Waals surface area contributed by atoms with E-state index >= 15 is 0 Å². The van der Waals surface area contributed by atoms with E-state index in [0.717, 1.165) is 18.8 Å². The third kappa shape index (κ3) is 4.23. The second-order valence-corrected chi connectivity index (χ2v) is 6.17. The van der Waals surface area contributed by atoms with Gasteiger partial charge in [0, 0.05) is 13.0 Å². The summed E-state index contributed by atoms with van der Waals surface area (Å²) in [5.41, 5.74) is 0.578. The summed E-state index contributed by atoms with van der Waals surface area (Å²) in [4.78, 5) is 14.5. The first-order chi connectivity index (χ1) is 11.7. The Morgan fingerprint density at radius 3 is 2.71 bits per heavy atom. The molecule has 0 radical (unpaired) electrons. The minimum atomic E-state index is -0.254. The maximum atomic E-state index is 13.6. The van der Waals surface area contributed by atoms with Crippen LogP contribution in [-0.2, 0) is 11.2 Å². The van der Waals surface area contributed by atoms with Gasteiger partial charge in [-0.3, -0.25) is 9.69 Å². The molecular weight excluding hydrogens is 307 g/mol. The van der Waals surface area contributed by atoms with Crippen LogP contribution in [0.4, 0.5) is 4.39 Å². The Kier molecular flexibility index (Phi) is 5.64. The van der Waals surface area contributed by atoms with Crippen LogP contribution < -0.4 is 5.32 Å². The summed E-state index contributed by atoms with van der Waals surface area (Å²) in [5.74, 6) is 0.566. The van der Waals surface area contributed by atoms with Crippen LogP contribution in [0.5, 0.6) is 0 Å². The van der Waals surface area contributed by atoms with Crippen molar-refractivity contribution in [2.45, 2.75) is 31.7 Å². The van der Waals surface area contributed by atoms with Gasteiger partial charge in [-0.2, -0.15) is 0 Å². The SMILES string of the molecule is O=C(CCc1ccccc1F)NCC(c1ccco1)N1CCCC1. The number of halogens is 1. The van der Waals surface area contributed by atoms with Crippen LogP contribution >= 0.6 is 0 Å². The fourth-order valence-corrected chi connectivity index (χ4v) is 3.19. The van der Waals surface area contributed by atoms with Gasteiger partial charge in [0.15, 0.2) is 0 Å². The number of nitrogens with one attached hydrogen (secondary N) is 1. The Morgan fingerprint density at radius 2 is 2.00 bits per heavy atom. The standard InChI is InChI=1S/C19H23FN2O2/c20-16-7-2-1-6-15(16)9-10-19(23)21-14-17(18-8-5-13-24-18)22-11-3-4-12-22/h1-2,5-8,13,17H,3-4,9-12,14H2,(H,21,23). The summed E-state index contributed by atoms with van der Waals surface area (Å²) in [7, 11) is 0. The zero-order valence-electron chi connectivity index (χ0n) is 13.7. The number of nitrogens with zero attached hydrogens (tertiary/aromatic N) is 1. The van der Waals surface area contributed by atoms with Gasteiger partial charge in [0.1, 0.15) is 11.6 Å². The Labute approximate surface area is 141 Å². The Hall–Kier alpha value is -2.14. The van der Waals surface area contributed by atoms with Crippen LogP contribution in [0.15, 0.2) is 47.1 Å². The number of benzene rings is 1. The molecule has 1 N–H and O–H groups in total. The molecule has 1 fully saturated rings. The maximum absolute atomic E-state index is 13.6. The highest BCUT2D eigenvalue weighted by atomic mass is 19.1. The molecule has 128 valence electrons. The number of carbonyl (C=O) groups excluding carboxylic acids is 1. The fraction of sp³-hybridized carbons (Fsp3) is 0.421. The van der Waals surface area contributed by atoms with E-state index in [4.69, 9.17) is 4.42 Å². The zero-order valence-corrected chi connectivity index (χ0v) is 13.7. The molecule has 0 bridgehead atoms. The van der Waals surface area contributed by atoms with E-state index < -0.39 is 0 Å². The van der Waals surface area contributed by atoms with E-state index in [1.165, 1.54) is 18.9 Å². The summed E-state index contributed by atoms with van der Waals surface area (Å²) in [6, 6.07) is 10.5. The lowest BCUT2D eigenvalue weighted by atomic mass is 10.1. The van der Waals surface area contributed by atoms with Crippen molar-refractivity contribution >= 4 is 5.91 Å². The number of furan rings is 1. The van der Waals surface area contributed by atoms with E-state index in [0.29, 0.717) is 18.5 Å². The monoisotopic (exact) mass is 330 g/mol. The minimum absolute atomic E-state index is 0.0611. The van der Waals surface area contributed by atoms with Crippen LogP contribution in [0.1, 0.15) is 36.6 Å². The lowest BCUT2D eigenvalue weighted by molar-refractivity contribution is -0.121. The van der Waals surface area contributed by atoms with Crippen molar-refractivity contribution in [1.82, 2.24) is 10.2 Å². The first-order valence-electron chi connectivity index (χ1n) is 8.51. The molecule has 1 aromatic heterocycles. The summed E-state index contributed by atoms with van der Waals surface area (Å²) in [6.45, 7) is 2.57. The predicted octanol–water partition coefficient (Wildman–Crippen LogP) is 3.30. The van der Waals surface area contributed by atoms with Crippen molar-refractivity contribution < 1.29 is 13.6 Å². The van der Waals surface area contributed by atoms with E-state index in [-0.39, 0.29) is 24.2 Å². The molecule has 1 aromatic carbocycles. The number of hydrogen-bond acceptors (Lipinski definition) is 3. The van der Waals surface area contributed by atoms with Gasteiger partial charge in [-0.15, -0.1) is 0 Å². The van der Waals surface area contributed by atoms with Crippen molar-refractivity contribution in [2.75, 3.05) is 19.6 Å². The fourth-order valence-electron chi connectivity index (χ4n) is 3.19. The van der Waals surface area contributed by atoms with Crippen LogP contribution in [0.2, 0.25) is 0 Å². The van der Waals surface area contributed by atoms with Crippen LogP contribution in [0.3, 0.4) is 0 Å². The van der Waals surface area contributed by atoms with Crippen LogP contribution in [-0.4, -0.2) is 30.4 Å². The molecule has 1 unspecified atom stereocenters. The van der Waals surface area contributed by atoms with E-state index in [1.807, 2.05) is 12.1 Å². The highest BCUT2D eigenvalue weighted by Crippen LogP contribution is 2.24. The molecule has 4 nitrogen and oxygen atoms in total. The van der Waals surface area contributed by atoms with E-state index in [1.54, 1.807) is 24.5 Å². The molecule has 1 amide bonds. The molecule has 1 saturated heterocycles. The van der Waals surface area contributed by atoms with Crippen molar-refractivity contribution in [3.05, 3.63) is 59.8 Å². The molecule has 2 aromatic rings. The van der Waals surface area contributed by atoms with Crippen molar-refractivity contribution in [3.8, 4) is 0 Å². The average molecular weight is 330 g/mol. The maximum Gasteiger partial charge on any atom is 0.220 e. The molecule has 5 heteroatoms. The number of aryl methyl sites for hydroxylation is 1. The van der Waals surface area contributed by atoms with Gasteiger partial charge in [-0.1, -0.05) is 18.2 Å². The first-order valence-corrected chi connectivity index (χ1v) is 8.51. The third-order valence-electron chi connectivity index (χ3n) is 4.52. The van der Waals surface area contributed by atoms with Gasteiger partial charge in [0.05, 0.1) is 12.3 Å². The summed E-state index contributed by atoms with van der Waals surface area (Å²) >= 11 is 0. The van der Waals surface area contributed by atoms with E-state index in [2.05, 4.69) is 10.2 Å². The zero-order chi connectivity index (χ0) is 16.8. The molecule has 0 spiro atoms. The summed E-state index contributed by atoms with van der Waals surface area (Å²) in [5, 5.41) is 2.97. The average Bonchev–Trinajstić information content (AvgIpc) is 3.28. The van der Waals surface area contributed by atoms with Crippen molar-refractivity contribution in [2.24, 2.45) is 0 Å². The molecule has 1 aliphatic heterocycles. The molecule has 3 rings (SSSR count). The van der Waals surface area contributed by atoms with Gasteiger partial charge in [0.2, 0.25) is 5.91 Å². The Balaban J connectivity index is 1.52. The van der Waals surface area contributed by atoms with Crippen LogP contribution in [0.25, 0.3) is 0 Å². The molecule has 0 saturated carbocycles. The van der Waals surface area contributed by atoms with Crippen LogP contribution in [0, 0.1) is 5.82 Å². The molecule has 2 heterocycles. The summed E-state index contributed by atoms with van der Waals surface area (Å²) < 4.78 is 19.1. The Bertz CT molecular complexity index is 651. The minimum Gasteiger partial charge on any atom is -0.468 e. The van der Waals surface area contributed by atoms with Gasteiger partial charge in [-0.05, 0) is 56.1 Å². The molecule has 24 heavy (non-hydrogen) atoms. The Morgan fingerprint density at radius 1 is 1.21 bits per heavy atom. The van der Waals surface area contributed by atoms with Gasteiger partial charge >= 0.3 is 0 Å². The van der Waals surface area contributed by atoms with Gasteiger partial charge in [-0.25, -0.2) is 4.39 Å². The molecule has 1 atom stereocenters. The van der Waals surface area contributed by atoms with Crippen molar-refractivity contribution in [1.29, 1.82) is 0 Å². The number of amides is 1. The molecular formula is C19H23FN2O2. The van der Waals surface area contributed by atoms with E-state index in [9.17, 15) is 9.18 Å². The molecule has 0 aliphatic carbocycles. The van der Waals surface area contributed by atoms with Gasteiger partial charge in [0.25, 0.3) is 0 Å². The normalized spacial score (nSPS) is 16.2.